The number of nitrogens with zero attached hydrogens (tertiary/aromatic N) is 1. The van der Waals surface area contributed by atoms with E-state index in [1.165, 1.54) is 13.2 Å². The number of thiophene rings is 1. The lowest BCUT2D eigenvalue weighted by atomic mass is 9.96. The van der Waals surface area contributed by atoms with E-state index in [2.05, 4.69) is 14.4 Å². The van der Waals surface area contributed by atoms with Crippen molar-refractivity contribution in [2.75, 3.05) is 40.0 Å². The van der Waals surface area contributed by atoms with Crippen molar-refractivity contribution < 1.29 is 22.7 Å². The molecule has 0 saturated carbocycles. The molecule has 0 amide bonds. The van der Waals surface area contributed by atoms with Crippen molar-refractivity contribution in [3.05, 3.63) is 16.3 Å². The minimum atomic E-state index is -3.71. The third-order valence-electron chi connectivity index (χ3n) is 4.92. The summed E-state index contributed by atoms with van der Waals surface area (Å²) in [6.45, 7) is 4.01. The van der Waals surface area contributed by atoms with Crippen LogP contribution < -0.4 is 4.72 Å². The van der Waals surface area contributed by atoms with Gasteiger partial charge in [-0.2, -0.15) is 0 Å². The fourth-order valence-corrected chi connectivity index (χ4v) is 5.84. The average Bonchev–Trinajstić information content (AvgIpc) is 3.31. The zero-order valence-corrected chi connectivity index (χ0v) is 15.9. The van der Waals surface area contributed by atoms with Crippen molar-refractivity contribution in [2.45, 2.75) is 30.2 Å². The smallest absolute Gasteiger partial charge is 0.349 e. The molecule has 0 bridgehead atoms. The molecule has 140 valence electrons. The van der Waals surface area contributed by atoms with Gasteiger partial charge in [-0.05, 0) is 49.7 Å². The van der Waals surface area contributed by atoms with Crippen LogP contribution in [0.15, 0.2) is 16.3 Å². The molecular weight excluding hydrogens is 364 g/mol. The van der Waals surface area contributed by atoms with Crippen LogP contribution in [-0.4, -0.2) is 65.3 Å². The van der Waals surface area contributed by atoms with Crippen molar-refractivity contribution >= 4 is 27.3 Å². The van der Waals surface area contributed by atoms with Gasteiger partial charge in [-0.3, -0.25) is 4.90 Å². The van der Waals surface area contributed by atoms with Gasteiger partial charge in [0.1, 0.15) is 9.77 Å². The van der Waals surface area contributed by atoms with Crippen LogP contribution in [0.3, 0.4) is 0 Å². The normalized spacial score (nSPS) is 23.0. The van der Waals surface area contributed by atoms with Crippen molar-refractivity contribution in [2.24, 2.45) is 5.92 Å². The second kappa shape index (κ2) is 8.13. The molecule has 0 aromatic carbocycles. The monoisotopic (exact) mass is 388 g/mol. The molecule has 0 unspecified atom stereocenters. The van der Waals surface area contributed by atoms with Gasteiger partial charge in [-0.25, -0.2) is 17.9 Å². The Morgan fingerprint density at radius 3 is 2.80 bits per heavy atom. The lowest BCUT2D eigenvalue weighted by molar-refractivity contribution is 0.0602. The molecule has 9 heteroatoms. The minimum Gasteiger partial charge on any atom is -0.465 e. The number of hydrogen-bond donors (Lipinski definition) is 1. The third kappa shape index (κ3) is 4.40. The Kier molecular flexibility index (Phi) is 6.11. The van der Waals surface area contributed by atoms with E-state index < -0.39 is 16.0 Å². The number of carbonyl (C=O) groups excluding carboxylic acids is 1. The topological polar surface area (TPSA) is 84.9 Å². The third-order valence-corrected chi connectivity index (χ3v) is 7.41. The number of likely N-dealkylation sites (tertiary alicyclic amines) is 1. The highest BCUT2D eigenvalue weighted by atomic mass is 32.2. The Balaban J connectivity index is 1.53. The Bertz CT molecular complexity index is 689. The van der Waals surface area contributed by atoms with Crippen molar-refractivity contribution in [3.63, 3.8) is 0 Å². The van der Waals surface area contributed by atoms with Crippen molar-refractivity contribution in [1.82, 2.24) is 9.62 Å². The molecule has 1 N–H and O–H groups in total. The predicted molar refractivity (Wildman–Crippen MR) is 94.4 cm³/mol. The summed E-state index contributed by atoms with van der Waals surface area (Å²) in [6, 6.07) is 1.97. The van der Waals surface area contributed by atoms with E-state index >= 15 is 0 Å². The van der Waals surface area contributed by atoms with Crippen LogP contribution in [-0.2, 0) is 19.5 Å². The highest BCUT2D eigenvalue weighted by Crippen LogP contribution is 2.25. The average molecular weight is 389 g/mol. The quantitative estimate of drug-likeness (QED) is 0.740. The maximum absolute atomic E-state index is 12.5. The summed E-state index contributed by atoms with van der Waals surface area (Å²) in [5.41, 5.74) is 0. The molecule has 3 heterocycles. The molecule has 0 aliphatic carbocycles. The molecule has 1 aromatic heterocycles. The second-order valence-electron chi connectivity index (χ2n) is 6.45. The van der Waals surface area contributed by atoms with Gasteiger partial charge in [0.15, 0.2) is 0 Å². The first-order valence-corrected chi connectivity index (χ1v) is 10.8. The lowest BCUT2D eigenvalue weighted by Crippen LogP contribution is -2.44. The van der Waals surface area contributed by atoms with Crippen LogP contribution in [0.5, 0.6) is 0 Å². The molecule has 0 radical (unpaired) electrons. The first kappa shape index (κ1) is 18.8. The molecule has 7 nitrogen and oxygen atoms in total. The van der Waals surface area contributed by atoms with Gasteiger partial charge in [0, 0.05) is 19.2 Å². The van der Waals surface area contributed by atoms with E-state index in [4.69, 9.17) is 4.74 Å². The second-order valence-corrected chi connectivity index (χ2v) is 9.11. The van der Waals surface area contributed by atoms with Gasteiger partial charge in [-0.1, -0.05) is 0 Å². The number of hydrogen-bond acceptors (Lipinski definition) is 7. The molecule has 2 saturated heterocycles. The number of methoxy groups -OCH3 is 1. The first-order valence-electron chi connectivity index (χ1n) is 8.48. The van der Waals surface area contributed by atoms with Gasteiger partial charge in [0.2, 0.25) is 10.0 Å². The zero-order chi connectivity index (χ0) is 17.9. The Morgan fingerprint density at radius 2 is 2.16 bits per heavy atom. The van der Waals surface area contributed by atoms with E-state index in [1.807, 2.05) is 0 Å². The molecule has 2 aliphatic heterocycles. The number of sulfonamides is 1. The van der Waals surface area contributed by atoms with E-state index in [1.54, 1.807) is 5.38 Å². The van der Waals surface area contributed by atoms with Crippen LogP contribution in [0.25, 0.3) is 0 Å². The fourth-order valence-electron chi connectivity index (χ4n) is 3.39. The van der Waals surface area contributed by atoms with Crippen LogP contribution in [0.4, 0.5) is 0 Å². The van der Waals surface area contributed by atoms with Gasteiger partial charge in [-0.15, -0.1) is 11.3 Å². The molecule has 2 fully saturated rings. The molecule has 25 heavy (non-hydrogen) atoms. The Morgan fingerprint density at radius 1 is 1.40 bits per heavy atom. The van der Waals surface area contributed by atoms with E-state index in [0.717, 1.165) is 56.9 Å². The molecule has 1 atom stereocenters. The lowest BCUT2D eigenvalue weighted by Gasteiger charge is -2.35. The Hall–Kier alpha value is -1.00. The summed E-state index contributed by atoms with van der Waals surface area (Å²) in [5.74, 6) is -0.309. The number of esters is 1. The van der Waals surface area contributed by atoms with Crippen LogP contribution in [0.2, 0.25) is 0 Å². The van der Waals surface area contributed by atoms with Gasteiger partial charge in [0.25, 0.3) is 0 Å². The largest absolute Gasteiger partial charge is 0.465 e. The Labute approximate surface area is 152 Å². The summed E-state index contributed by atoms with van der Waals surface area (Å²) in [6.07, 6.45) is 3.02. The SMILES string of the molecule is COC(=O)c1sccc1S(=O)(=O)NCC1CCN([C@H]2CCOC2)CC1. The van der Waals surface area contributed by atoms with Crippen molar-refractivity contribution in [1.29, 1.82) is 0 Å². The standard InChI is InChI=1S/C16H24N2O5S2/c1-22-16(19)15-14(5-9-24-15)25(20,21)17-10-12-2-6-18(7-3-12)13-4-8-23-11-13/h5,9,12-13,17H,2-4,6-8,10-11H2,1H3/t13-/m0/s1. The van der Waals surface area contributed by atoms with Gasteiger partial charge >= 0.3 is 5.97 Å². The maximum Gasteiger partial charge on any atom is 0.349 e. The summed E-state index contributed by atoms with van der Waals surface area (Å²) in [5, 5.41) is 1.59. The first-order chi connectivity index (χ1) is 12.0. The minimum absolute atomic E-state index is 0.00453. The van der Waals surface area contributed by atoms with E-state index in [-0.39, 0.29) is 9.77 Å². The summed E-state index contributed by atoms with van der Waals surface area (Å²) in [4.78, 5) is 14.3. The van der Waals surface area contributed by atoms with Gasteiger partial charge < -0.3 is 9.47 Å². The highest BCUT2D eigenvalue weighted by Gasteiger charge is 2.29. The molecule has 1 aromatic rings. The van der Waals surface area contributed by atoms with E-state index in [0.29, 0.717) is 18.5 Å². The number of carbonyl (C=O) groups is 1. The number of ether oxygens (including phenoxy) is 2. The summed E-state index contributed by atoms with van der Waals surface area (Å²) >= 11 is 1.07. The maximum atomic E-state index is 12.5. The number of nitrogens with one attached hydrogen (secondary N) is 1. The highest BCUT2D eigenvalue weighted by molar-refractivity contribution is 7.89. The van der Waals surface area contributed by atoms with Crippen LogP contribution in [0, 0.1) is 5.92 Å². The van der Waals surface area contributed by atoms with Crippen LogP contribution >= 0.6 is 11.3 Å². The van der Waals surface area contributed by atoms with E-state index in [9.17, 15) is 13.2 Å². The summed E-state index contributed by atoms with van der Waals surface area (Å²) in [7, 11) is -2.46. The molecule has 2 aliphatic rings. The number of rotatable bonds is 6. The molecular formula is C16H24N2O5S2. The zero-order valence-electron chi connectivity index (χ0n) is 14.3. The summed E-state index contributed by atoms with van der Waals surface area (Å²) < 4.78 is 37.8. The van der Waals surface area contributed by atoms with Crippen molar-refractivity contribution in [3.8, 4) is 0 Å². The fraction of sp³-hybridized carbons (Fsp3) is 0.688. The van der Waals surface area contributed by atoms with Crippen LogP contribution in [0.1, 0.15) is 28.9 Å². The molecule has 3 rings (SSSR count). The van der Waals surface area contributed by atoms with Gasteiger partial charge in [0.05, 0.1) is 13.7 Å². The predicted octanol–water partition coefficient (Wildman–Crippen LogP) is 1.31. The number of piperidine rings is 1. The molecule has 0 spiro atoms.